The number of piperazine rings is 1. The Bertz CT molecular complexity index is 697. The maximum atomic E-state index is 12.2. The van der Waals surface area contributed by atoms with Gasteiger partial charge < -0.3 is 19.5 Å². The first kappa shape index (κ1) is 18.8. The van der Waals surface area contributed by atoms with E-state index in [1.807, 2.05) is 35.3 Å². The van der Waals surface area contributed by atoms with Gasteiger partial charge in [-0.15, -0.1) is 11.6 Å². The van der Waals surface area contributed by atoms with Gasteiger partial charge in [-0.1, -0.05) is 24.3 Å². The highest BCUT2D eigenvalue weighted by molar-refractivity contribution is 6.20. The van der Waals surface area contributed by atoms with E-state index in [2.05, 4.69) is 0 Å². The smallest absolute Gasteiger partial charge is 0.246 e. The van der Waals surface area contributed by atoms with Gasteiger partial charge in [-0.2, -0.15) is 0 Å². The fraction of sp³-hybridized carbons (Fsp3) is 0.421. The molecule has 0 spiro atoms. The molecule has 2 aliphatic rings. The fourth-order valence-electron chi connectivity index (χ4n) is 2.92. The number of aliphatic hydroxyl groups is 1. The number of rotatable bonds is 5. The first-order valence-corrected chi connectivity index (χ1v) is 9.08. The van der Waals surface area contributed by atoms with E-state index in [0.717, 1.165) is 17.1 Å². The van der Waals surface area contributed by atoms with E-state index in [0.29, 0.717) is 26.2 Å². The van der Waals surface area contributed by atoms with Gasteiger partial charge in [0.05, 0.1) is 6.10 Å². The number of ether oxygens (including phenoxy) is 2. The van der Waals surface area contributed by atoms with E-state index in [-0.39, 0.29) is 12.7 Å². The van der Waals surface area contributed by atoms with Gasteiger partial charge >= 0.3 is 0 Å². The predicted octanol–water partition coefficient (Wildman–Crippen LogP) is 2.07. The van der Waals surface area contributed by atoms with E-state index >= 15 is 0 Å². The van der Waals surface area contributed by atoms with Crippen LogP contribution in [0.15, 0.2) is 36.4 Å². The molecule has 0 bridgehead atoms. The van der Waals surface area contributed by atoms with Crippen LogP contribution in [0.25, 0.3) is 6.08 Å². The van der Waals surface area contributed by atoms with Crippen LogP contribution in [0.1, 0.15) is 12.5 Å². The molecule has 0 aliphatic carbocycles. The summed E-state index contributed by atoms with van der Waals surface area (Å²) in [6, 6.07) is 5.70. The molecule has 2 unspecified atom stereocenters. The number of benzene rings is 1. The third-order valence-corrected chi connectivity index (χ3v) is 5.05. The summed E-state index contributed by atoms with van der Waals surface area (Å²) < 4.78 is 10.6. The zero-order chi connectivity index (χ0) is 18.5. The van der Waals surface area contributed by atoms with Gasteiger partial charge in [0, 0.05) is 32.3 Å². The lowest BCUT2D eigenvalue weighted by Crippen LogP contribution is -2.52. The van der Waals surface area contributed by atoms with Crippen LogP contribution >= 0.6 is 11.6 Å². The number of hydrogen-bond donors (Lipinski definition) is 1. The Morgan fingerprint density at radius 2 is 1.92 bits per heavy atom. The first-order valence-electron chi connectivity index (χ1n) is 8.64. The molecule has 140 valence electrons. The standard InChI is InChI=1S/C19H23ClN2O4/c1-14(23)19(20)22-10-8-21(9-11-22)18(24)5-3-2-4-15-6-7-16-17(12-15)26-13-25-16/h2-7,12,14,19,23H,8-11,13H2,1H3. The van der Waals surface area contributed by atoms with Crippen LogP contribution in [0.4, 0.5) is 0 Å². The van der Waals surface area contributed by atoms with Crippen LogP contribution in [-0.4, -0.2) is 65.4 Å². The van der Waals surface area contributed by atoms with Gasteiger partial charge in [-0.3, -0.25) is 9.69 Å². The third-order valence-electron chi connectivity index (χ3n) is 4.41. The highest BCUT2D eigenvalue weighted by Gasteiger charge is 2.26. The lowest BCUT2D eigenvalue weighted by atomic mass is 10.2. The SMILES string of the molecule is CC(O)C(Cl)N1CCN(C(=O)C=CC=Cc2ccc3c(c2)OCO3)CC1. The molecular formula is C19H23ClN2O4. The first-order chi connectivity index (χ1) is 12.5. The monoisotopic (exact) mass is 378 g/mol. The van der Waals surface area contributed by atoms with Crippen LogP contribution in [0, 0.1) is 0 Å². The number of amides is 1. The highest BCUT2D eigenvalue weighted by Crippen LogP contribution is 2.32. The highest BCUT2D eigenvalue weighted by atomic mass is 35.5. The summed E-state index contributed by atoms with van der Waals surface area (Å²) in [6.45, 7) is 4.45. The number of nitrogens with zero attached hydrogens (tertiary/aromatic N) is 2. The molecule has 2 heterocycles. The quantitative estimate of drug-likeness (QED) is 0.368. The number of halogens is 1. The summed E-state index contributed by atoms with van der Waals surface area (Å²) in [6.07, 6.45) is 6.43. The summed E-state index contributed by atoms with van der Waals surface area (Å²) in [5.74, 6) is 1.46. The molecule has 26 heavy (non-hydrogen) atoms. The van der Waals surface area contributed by atoms with E-state index in [9.17, 15) is 9.90 Å². The largest absolute Gasteiger partial charge is 0.454 e. The van der Waals surface area contributed by atoms with Crippen LogP contribution in [-0.2, 0) is 4.79 Å². The molecular weight excluding hydrogens is 356 g/mol. The molecule has 1 amide bonds. The Kier molecular flexibility index (Phi) is 6.19. The molecule has 0 saturated carbocycles. The van der Waals surface area contributed by atoms with E-state index < -0.39 is 11.6 Å². The Hall–Kier alpha value is -2.02. The molecule has 1 fully saturated rings. The predicted molar refractivity (Wildman–Crippen MR) is 100 cm³/mol. The van der Waals surface area contributed by atoms with E-state index in [4.69, 9.17) is 21.1 Å². The average molecular weight is 379 g/mol. The number of aliphatic hydroxyl groups excluding tert-OH is 1. The van der Waals surface area contributed by atoms with Crippen molar-refractivity contribution in [3.05, 3.63) is 42.0 Å². The van der Waals surface area contributed by atoms with Crippen molar-refractivity contribution in [2.75, 3.05) is 33.0 Å². The second-order valence-electron chi connectivity index (χ2n) is 6.31. The number of carbonyl (C=O) groups is 1. The number of hydrogen-bond acceptors (Lipinski definition) is 5. The van der Waals surface area contributed by atoms with Gasteiger partial charge in [0.25, 0.3) is 0 Å². The molecule has 1 N–H and O–H groups in total. The lowest BCUT2D eigenvalue weighted by Gasteiger charge is -2.37. The van der Waals surface area contributed by atoms with Crippen molar-refractivity contribution in [2.45, 2.75) is 18.5 Å². The van der Waals surface area contributed by atoms with Crippen LogP contribution < -0.4 is 9.47 Å². The molecule has 2 atom stereocenters. The van der Waals surface area contributed by atoms with Crippen molar-refractivity contribution < 1.29 is 19.4 Å². The molecule has 2 aliphatic heterocycles. The van der Waals surface area contributed by atoms with Crippen molar-refractivity contribution in [1.82, 2.24) is 9.80 Å². The second-order valence-corrected chi connectivity index (χ2v) is 6.75. The zero-order valence-corrected chi connectivity index (χ0v) is 15.4. The van der Waals surface area contributed by atoms with E-state index in [1.165, 1.54) is 0 Å². The number of fused-ring (bicyclic) bond motifs is 1. The van der Waals surface area contributed by atoms with Crippen molar-refractivity contribution in [1.29, 1.82) is 0 Å². The van der Waals surface area contributed by atoms with Crippen molar-refractivity contribution in [3.8, 4) is 11.5 Å². The summed E-state index contributed by atoms with van der Waals surface area (Å²) in [5.41, 5.74) is 0.568. The number of carbonyl (C=O) groups excluding carboxylic acids is 1. The molecule has 7 heteroatoms. The van der Waals surface area contributed by atoms with Crippen LogP contribution in [0.5, 0.6) is 11.5 Å². The number of alkyl halides is 1. The summed E-state index contributed by atoms with van der Waals surface area (Å²) >= 11 is 6.15. The minimum Gasteiger partial charge on any atom is -0.454 e. The summed E-state index contributed by atoms with van der Waals surface area (Å²) in [7, 11) is 0. The molecule has 1 aromatic rings. The fourth-order valence-corrected chi connectivity index (χ4v) is 3.12. The van der Waals surface area contributed by atoms with E-state index in [1.54, 1.807) is 24.0 Å². The molecule has 0 aromatic heterocycles. The third kappa shape index (κ3) is 4.58. The lowest BCUT2D eigenvalue weighted by molar-refractivity contribution is -0.128. The summed E-state index contributed by atoms with van der Waals surface area (Å²) in [4.78, 5) is 16.0. The second kappa shape index (κ2) is 8.58. The summed E-state index contributed by atoms with van der Waals surface area (Å²) in [5, 5.41) is 9.55. The van der Waals surface area contributed by atoms with Crippen LogP contribution in [0.3, 0.4) is 0 Å². The van der Waals surface area contributed by atoms with Gasteiger partial charge in [-0.25, -0.2) is 0 Å². The maximum Gasteiger partial charge on any atom is 0.246 e. The molecule has 1 saturated heterocycles. The molecule has 0 radical (unpaired) electrons. The average Bonchev–Trinajstić information content (AvgIpc) is 3.12. The van der Waals surface area contributed by atoms with Gasteiger partial charge in [0.15, 0.2) is 11.5 Å². The molecule has 3 rings (SSSR count). The van der Waals surface area contributed by atoms with Crippen LogP contribution in [0.2, 0.25) is 0 Å². The minimum absolute atomic E-state index is 0.0249. The molecule has 1 aromatic carbocycles. The normalized spacial score (nSPS) is 20.0. The van der Waals surface area contributed by atoms with Gasteiger partial charge in [-0.05, 0) is 24.6 Å². The Labute approximate surface area is 158 Å². The Morgan fingerprint density at radius 3 is 2.65 bits per heavy atom. The molecule has 6 nitrogen and oxygen atoms in total. The Balaban J connectivity index is 1.48. The van der Waals surface area contributed by atoms with Crippen molar-refractivity contribution >= 4 is 23.6 Å². The van der Waals surface area contributed by atoms with Gasteiger partial charge in [0.2, 0.25) is 12.7 Å². The Morgan fingerprint density at radius 1 is 1.19 bits per heavy atom. The zero-order valence-electron chi connectivity index (χ0n) is 14.7. The minimum atomic E-state index is -0.597. The van der Waals surface area contributed by atoms with Crippen molar-refractivity contribution in [3.63, 3.8) is 0 Å². The topological polar surface area (TPSA) is 62.2 Å². The van der Waals surface area contributed by atoms with Crippen molar-refractivity contribution in [2.24, 2.45) is 0 Å². The van der Waals surface area contributed by atoms with Gasteiger partial charge in [0.1, 0.15) is 5.50 Å². The number of allylic oxidation sites excluding steroid dienone is 2. The maximum absolute atomic E-state index is 12.2.